The lowest BCUT2D eigenvalue weighted by atomic mass is 10.1. The summed E-state index contributed by atoms with van der Waals surface area (Å²) in [6, 6.07) is 4.51. The summed E-state index contributed by atoms with van der Waals surface area (Å²) in [7, 11) is 1.78. The van der Waals surface area contributed by atoms with Gasteiger partial charge >= 0.3 is 0 Å². The molecule has 164 valence electrons. The number of imidazole rings is 1. The highest BCUT2D eigenvalue weighted by Gasteiger charge is 2.26. The lowest BCUT2D eigenvalue weighted by Crippen LogP contribution is -2.37. The summed E-state index contributed by atoms with van der Waals surface area (Å²) in [6.07, 6.45) is 9.71. The first-order valence-electron chi connectivity index (χ1n) is 11.3. The van der Waals surface area contributed by atoms with Crippen molar-refractivity contribution in [1.82, 2.24) is 24.5 Å². The fourth-order valence-corrected chi connectivity index (χ4v) is 5.05. The summed E-state index contributed by atoms with van der Waals surface area (Å²) in [4.78, 5) is 20.8. The highest BCUT2D eigenvalue weighted by molar-refractivity contribution is 5.79. The molecule has 4 heterocycles. The molecule has 31 heavy (non-hydrogen) atoms. The topological polar surface area (TPSA) is 81.0 Å². The van der Waals surface area contributed by atoms with Crippen molar-refractivity contribution in [3.63, 3.8) is 0 Å². The van der Waals surface area contributed by atoms with Crippen molar-refractivity contribution in [2.24, 2.45) is 5.92 Å². The molecule has 2 atom stereocenters. The highest BCUT2D eigenvalue weighted by atomic mass is 16.5. The van der Waals surface area contributed by atoms with Gasteiger partial charge in [0, 0.05) is 38.5 Å². The van der Waals surface area contributed by atoms with Gasteiger partial charge in [-0.1, -0.05) is 6.92 Å². The number of methoxy groups -OCH3 is 1. The van der Waals surface area contributed by atoms with Gasteiger partial charge in [-0.25, -0.2) is 15.0 Å². The maximum atomic E-state index is 5.47. The van der Waals surface area contributed by atoms with Gasteiger partial charge in [0.25, 0.3) is 0 Å². The van der Waals surface area contributed by atoms with Crippen molar-refractivity contribution in [2.45, 2.75) is 58.1 Å². The number of hydrogen-bond donors (Lipinski definition) is 1. The molecule has 3 aromatic rings. The van der Waals surface area contributed by atoms with Gasteiger partial charge in [0.05, 0.1) is 17.8 Å². The molecular weight excluding hydrogens is 390 g/mol. The van der Waals surface area contributed by atoms with E-state index in [1.165, 1.54) is 19.3 Å². The summed E-state index contributed by atoms with van der Waals surface area (Å²) < 4.78 is 7.87. The van der Waals surface area contributed by atoms with Crippen molar-refractivity contribution in [1.29, 1.82) is 0 Å². The number of aryl methyl sites for hydroxylation is 1. The van der Waals surface area contributed by atoms with Crippen LogP contribution in [0.4, 0.5) is 17.6 Å². The molecule has 0 amide bonds. The Kier molecular flexibility index (Phi) is 5.48. The Morgan fingerprint density at radius 1 is 1.06 bits per heavy atom. The first-order chi connectivity index (χ1) is 15.1. The molecule has 0 radical (unpaired) electrons. The molecule has 8 heteroatoms. The van der Waals surface area contributed by atoms with Crippen LogP contribution in [0.1, 0.15) is 50.9 Å². The van der Waals surface area contributed by atoms with E-state index < -0.39 is 0 Å². The first-order valence-corrected chi connectivity index (χ1v) is 11.3. The zero-order valence-corrected chi connectivity index (χ0v) is 18.6. The number of anilines is 3. The van der Waals surface area contributed by atoms with Crippen LogP contribution in [0.2, 0.25) is 0 Å². The summed E-state index contributed by atoms with van der Waals surface area (Å²) in [5.41, 5.74) is 2.09. The Labute approximate surface area is 183 Å². The second-order valence-corrected chi connectivity index (χ2v) is 8.95. The molecule has 1 saturated heterocycles. The van der Waals surface area contributed by atoms with Gasteiger partial charge in [-0.15, -0.1) is 0 Å². The van der Waals surface area contributed by atoms with Crippen LogP contribution in [0, 0.1) is 12.8 Å². The minimum Gasteiger partial charge on any atom is -0.381 e. The number of aromatic nitrogens is 5. The molecular formula is C23H31N7O. The predicted molar refractivity (Wildman–Crippen MR) is 122 cm³/mol. The van der Waals surface area contributed by atoms with Crippen LogP contribution in [0.15, 0.2) is 24.5 Å². The Morgan fingerprint density at radius 3 is 2.65 bits per heavy atom. The van der Waals surface area contributed by atoms with E-state index in [9.17, 15) is 0 Å². The minimum absolute atomic E-state index is 0.338. The quantitative estimate of drug-likeness (QED) is 0.659. The molecule has 8 nitrogen and oxygen atoms in total. The summed E-state index contributed by atoms with van der Waals surface area (Å²) >= 11 is 0. The molecule has 5 rings (SSSR count). The largest absolute Gasteiger partial charge is 0.381 e. The Morgan fingerprint density at radius 2 is 1.90 bits per heavy atom. The molecule has 1 saturated carbocycles. The van der Waals surface area contributed by atoms with Gasteiger partial charge in [0.15, 0.2) is 0 Å². The van der Waals surface area contributed by atoms with E-state index >= 15 is 0 Å². The first kappa shape index (κ1) is 20.2. The molecule has 0 bridgehead atoms. The van der Waals surface area contributed by atoms with E-state index in [1.807, 2.05) is 12.3 Å². The average Bonchev–Trinajstić information content (AvgIpc) is 3.35. The van der Waals surface area contributed by atoms with Gasteiger partial charge in [-0.2, -0.15) is 4.98 Å². The fraction of sp³-hybridized carbons (Fsp3) is 0.565. The summed E-state index contributed by atoms with van der Waals surface area (Å²) in [5, 5.41) is 3.38. The van der Waals surface area contributed by atoms with E-state index in [2.05, 4.69) is 44.7 Å². The number of nitrogens with one attached hydrogen (secondary N) is 1. The number of pyridine rings is 1. The van der Waals surface area contributed by atoms with Crippen molar-refractivity contribution < 1.29 is 4.74 Å². The van der Waals surface area contributed by atoms with Crippen molar-refractivity contribution in [3.8, 4) is 0 Å². The number of nitrogens with zero attached hydrogens (tertiary/aromatic N) is 6. The SMILES string of the molecule is COC1CCN(c2nccc(Nc3cc4c(cn3)nc(C)n4[C@H]3CC[C@H](C)C3)n2)CC1. The third-order valence-corrected chi connectivity index (χ3v) is 6.74. The van der Waals surface area contributed by atoms with Crippen LogP contribution in [0.5, 0.6) is 0 Å². The maximum absolute atomic E-state index is 5.47. The number of fused-ring (bicyclic) bond motifs is 1. The van der Waals surface area contributed by atoms with Crippen LogP contribution in [-0.4, -0.2) is 50.8 Å². The van der Waals surface area contributed by atoms with Crippen LogP contribution in [-0.2, 0) is 4.74 Å². The highest BCUT2D eigenvalue weighted by Crippen LogP contribution is 2.37. The third-order valence-electron chi connectivity index (χ3n) is 6.74. The lowest BCUT2D eigenvalue weighted by molar-refractivity contribution is 0.0816. The van der Waals surface area contributed by atoms with E-state index in [-0.39, 0.29) is 0 Å². The smallest absolute Gasteiger partial charge is 0.227 e. The monoisotopic (exact) mass is 421 g/mol. The lowest BCUT2D eigenvalue weighted by Gasteiger charge is -2.31. The molecule has 0 aromatic carbocycles. The second kappa shape index (κ2) is 8.42. The Balaban J connectivity index is 1.37. The average molecular weight is 422 g/mol. The zero-order chi connectivity index (χ0) is 21.4. The van der Waals surface area contributed by atoms with E-state index in [0.29, 0.717) is 12.1 Å². The molecule has 1 aliphatic heterocycles. The second-order valence-electron chi connectivity index (χ2n) is 8.95. The normalized spacial score (nSPS) is 22.4. The molecule has 2 aliphatic rings. The van der Waals surface area contributed by atoms with Gasteiger partial charge in [-0.05, 0) is 51.0 Å². The number of ether oxygens (including phenoxy) is 1. The van der Waals surface area contributed by atoms with Crippen LogP contribution in [0.3, 0.4) is 0 Å². The van der Waals surface area contributed by atoms with Crippen LogP contribution in [0.25, 0.3) is 11.0 Å². The zero-order valence-electron chi connectivity index (χ0n) is 18.6. The van der Waals surface area contributed by atoms with Crippen LogP contribution >= 0.6 is 0 Å². The Bertz CT molecular complexity index is 1060. The summed E-state index contributed by atoms with van der Waals surface area (Å²) in [5.74, 6) is 4.12. The number of rotatable bonds is 5. The fourth-order valence-electron chi connectivity index (χ4n) is 5.05. The number of hydrogen-bond acceptors (Lipinski definition) is 7. The van der Waals surface area contributed by atoms with Crippen molar-refractivity contribution in [3.05, 3.63) is 30.4 Å². The molecule has 2 fully saturated rings. The van der Waals surface area contributed by atoms with Gasteiger partial charge < -0.3 is 19.5 Å². The van der Waals surface area contributed by atoms with Gasteiger partial charge in [-0.3, -0.25) is 0 Å². The van der Waals surface area contributed by atoms with Gasteiger partial charge in [0.2, 0.25) is 5.95 Å². The van der Waals surface area contributed by atoms with E-state index in [4.69, 9.17) is 14.7 Å². The number of piperidine rings is 1. The van der Waals surface area contributed by atoms with Crippen molar-refractivity contribution in [2.75, 3.05) is 30.4 Å². The summed E-state index contributed by atoms with van der Waals surface area (Å²) in [6.45, 7) is 6.25. The maximum Gasteiger partial charge on any atom is 0.227 e. The minimum atomic E-state index is 0.338. The third kappa shape index (κ3) is 4.08. The Hall–Kier alpha value is -2.74. The van der Waals surface area contributed by atoms with E-state index in [1.54, 1.807) is 13.3 Å². The molecule has 1 N–H and O–H groups in total. The van der Waals surface area contributed by atoms with Crippen molar-refractivity contribution >= 4 is 28.6 Å². The molecule has 0 spiro atoms. The molecule has 3 aromatic heterocycles. The van der Waals surface area contributed by atoms with Gasteiger partial charge in [0.1, 0.15) is 23.0 Å². The van der Waals surface area contributed by atoms with E-state index in [0.717, 1.165) is 66.3 Å². The predicted octanol–water partition coefficient (Wildman–Crippen LogP) is 4.25. The molecule has 1 aliphatic carbocycles. The molecule has 0 unspecified atom stereocenters. The van der Waals surface area contributed by atoms with Crippen LogP contribution < -0.4 is 10.2 Å². The standard InChI is InChI=1S/C23H31N7O/c1-15-4-5-17(12-15)30-16(2)26-19-14-25-22(13-20(19)30)27-21-6-9-24-23(28-21)29-10-7-18(31-3)8-11-29/h6,9,13-15,17-18H,4-5,7-8,10-12H2,1-3H3,(H,24,25,27,28)/t15-,17-/m0/s1.